The van der Waals surface area contributed by atoms with E-state index in [1.54, 1.807) is 31.3 Å². The zero-order valence-corrected chi connectivity index (χ0v) is 18.1. The number of ketones is 1. The number of carbonyl (C=O) groups is 1. The van der Waals surface area contributed by atoms with E-state index in [1.807, 2.05) is 18.2 Å². The van der Waals surface area contributed by atoms with E-state index in [0.29, 0.717) is 45.3 Å². The Kier molecular flexibility index (Phi) is 4.33. The van der Waals surface area contributed by atoms with E-state index in [4.69, 9.17) is 9.47 Å². The van der Waals surface area contributed by atoms with Gasteiger partial charge in [-0.2, -0.15) is 0 Å². The lowest BCUT2D eigenvalue weighted by molar-refractivity contribution is 0.103. The SMILES string of the molecule is COc1cccc([C@@H]2C3=C(Nc4c2c(=O)n(C)c(=O)n4C)c2ccccc2C3=O)c1OC. The van der Waals surface area contributed by atoms with E-state index in [-0.39, 0.29) is 5.78 Å². The molecule has 32 heavy (non-hydrogen) atoms. The maximum absolute atomic E-state index is 13.6. The van der Waals surface area contributed by atoms with Crippen LogP contribution >= 0.6 is 0 Å². The van der Waals surface area contributed by atoms with E-state index in [9.17, 15) is 14.4 Å². The van der Waals surface area contributed by atoms with Gasteiger partial charge in [0.25, 0.3) is 5.56 Å². The molecule has 0 bridgehead atoms. The summed E-state index contributed by atoms with van der Waals surface area (Å²) in [4.78, 5) is 39.7. The van der Waals surface area contributed by atoms with Crippen LogP contribution in [0.1, 0.15) is 33.0 Å². The maximum Gasteiger partial charge on any atom is 0.332 e. The quantitative estimate of drug-likeness (QED) is 0.684. The monoisotopic (exact) mass is 431 g/mol. The smallest absolute Gasteiger partial charge is 0.332 e. The van der Waals surface area contributed by atoms with Crippen molar-refractivity contribution < 1.29 is 14.3 Å². The average Bonchev–Trinajstić information content (AvgIpc) is 3.11. The number of benzene rings is 2. The van der Waals surface area contributed by atoms with Crippen molar-refractivity contribution in [3.05, 3.63) is 91.1 Å². The Morgan fingerprint density at radius 3 is 2.28 bits per heavy atom. The average molecular weight is 431 g/mol. The molecule has 0 radical (unpaired) electrons. The van der Waals surface area contributed by atoms with Crippen molar-refractivity contribution in [1.82, 2.24) is 9.13 Å². The minimum absolute atomic E-state index is 0.167. The predicted molar refractivity (Wildman–Crippen MR) is 120 cm³/mol. The van der Waals surface area contributed by atoms with E-state index in [0.717, 1.165) is 10.1 Å². The van der Waals surface area contributed by atoms with Gasteiger partial charge in [0.05, 0.1) is 31.4 Å². The lowest BCUT2D eigenvalue weighted by Crippen LogP contribution is -2.42. The van der Waals surface area contributed by atoms with Crippen molar-refractivity contribution in [3.63, 3.8) is 0 Å². The zero-order chi connectivity index (χ0) is 22.7. The first-order valence-corrected chi connectivity index (χ1v) is 10.1. The summed E-state index contributed by atoms with van der Waals surface area (Å²) in [7, 11) is 6.08. The van der Waals surface area contributed by atoms with Gasteiger partial charge in [-0.15, -0.1) is 0 Å². The highest BCUT2D eigenvalue weighted by molar-refractivity contribution is 6.23. The number of ether oxygens (including phenoxy) is 2. The Balaban J connectivity index is 1.92. The van der Waals surface area contributed by atoms with Gasteiger partial charge in [0.1, 0.15) is 5.82 Å². The summed E-state index contributed by atoms with van der Waals surface area (Å²) < 4.78 is 13.6. The molecule has 0 unspecified atom stereocenters. The summed E-state index contributed by atoms with van der Waals surface area (Å²) in [5, 5.41) is 3.22. The van der Waals surface area contributed by atoms with Crippen LogP contribution in [-0.2, 0) is 14.1 Å². The summed E-state index contributed by atoms with van der Waals surface area (Å²) in [6, 6.07) is 12.6. The minimum Gasteiger partial charge on any atom is -0.493 e. The van der Waals surface area contributed by atoms with Gasteiger partial charge in [0.2, 0.25) is 0 Å². The molecule has 0 amide bonds. The molecule has 0 spiro atoms. The number of nitrogens with one attached hydrogen (secondary N) is 1. The molecule has 1 aliphatic carbocycles. The molecular formula is C24H21N3O5. The highest BCUT2D eigenvalue weighted by Crippen LogP contribution is 2.50. The maximum atomic E-state index is 13.6. The number of nitrogens with zero attached hydrogens (tertiary/aromatic N) is 2. The first-order valence-electron chi connectivity index (χ1n) is 10.1. The number of Topliss-reactive ketones (excluding diaryl/α,β-unsaturated/α-hetero) is 1. The Morgan fingerprint density at radius 1 is 0.875 bits per heavy atom. The van der Waals surface area contributed by atoms with Crippen LogP contribution in [0.5, 0.6) is 11.5 Å². The lowest BCUT2D eigenvalue weighted by Gasteiger charge is -2.30. The van der Waals surface area contributed by atoms with Gasteiger partial charge in [-0.25, -0.2) is 4.79 Å². The molecule has 0 saturated carbocycles. The predicted octanol–water partition coefficient (Wildman–Crippen LogP) is 2.27. The lowest BCUT2D eigenvalue weighted by atomic mass is 9.81. The van der Waals surface area contributed by atoms with Crippen LogP contribution in [0.2, 0.25) is 0 Å². The van der Waals surface area contributed by atoms with Crippen LogP contribution in [0.4, 0.5) is 5.82 Å². The molecule has 2 aliphatic rings. The third kappa shape index (κ3) is 2.46. The van der Waals surface area contributed by atoms with Crippen LogP contribution in [0.15, 0.2) is 57.6 Å². The Labute approximate surface area is 183 Å². The standard InChI is InChI=1S/C24H21N3O5/c1-26-22-18(23(29)27(2)24(26)30)16(14-10-7-11-15(31-3)21(14)32-4)17-19(25-22)12-8-5-6-9-13(12)20(17)28/h5-11,16,25H,1-4H3/t16-/m1/s1. The van der Waals surface area contributed by atoms with Crippen molar-refractivity contribution in [2.75, 3.05) is 19.5 Å². The number of rotatable bonds is 3. The first kappa shape index (κ1) is 19.9. The van der Waals surface area contributed by atoms with E-state index in [2.05, 4.69) is 5.32 Å². The van der Waals surface area contributed by atoms with Gasteiger partial charge in [-0.05, 0) is 6.07 Å². The van der Waals surface area contributed by atoms with E-state index >= 15 is 0 Å². The molecule has 2 aromatic carbocycles. The normalized spacial score (nSPS) is 16.2. The molecule has 8 nitrogen and oxygen atoms in total. The fraction of sp³-hybridized carbons (Fsp3) is 0.208. The van der Waals surface area contributed by atoms with Crippen molar-refractivity contribution in [3.8, 4) is 11.5 Å². The molecule has 3 aromatic rings. The van der Waals surface area contributed by atoms with E-state index in [1.165, 1.54) is 25.8 Å². The number of para-hydroxylation sites is 1. The minimum atomic E-state index is -0.753. The molecule has 1 aliphatic heterocycles. The summed E-state index contributed by atoms with van der Waals surface area (Å²) >= 11 is 0. The number of hydrogen-bond donors (Lipinski definition) is 1. The summed E-state index contributed by atoms with van der Waals surface area (Å²) in [5.74, 6) is 0.351. The molecule has 5 rings (SSSR count). The van der Waals surface area contributed by atoms with Crippen LogP contribution < -0.4 is 26.0 Å². The van der Waals surface area contributed by atoms with Gasteiger partial charge in [0, 0.05) is 36.4 Å². The molecule has 1 aromatic heterocycles. The molecule has 2 heterocycles. The Bertz CT molecular complexity index is 1460. The van der Waals surface area contributed by atoms with Gasteiger partial charge < -0.3 is 14.8 Å². The summed E-state index contributed by atoms with van der Waals surface area (Å²) in [6.45, 7) is 0. The second-order valence-corrected chi connectivity index (χ2v) is 7.77. The number of carbonyl (C=O) groups excluding carboxylic acids is 1. The second kappa shape index (κ2) is 6.98. The van der Waals surface area contributed by atoms with Crippen LogP contribution in [0.25, 0.3) is 5.70 Å². The molecule has 162 valence electrons. The number of methoxy groups -OCH3 is 2. The van der Waals surface area contributed by atoms with Crippen molar-refractivity contribution >= 4 is 17.3 Å². The first-order chi connectivity index (χ1) is 15.4. The van der Waals surface area contributed by atoms with Crippen molar-refractivity contribution in [1.29, 1.82) is 0 Å². The van der Waals surface area contributed by atoms with Gasteiger partial charge in [-0.1, -0.05) is 36.4 Å². The fourth-order valence-corrected chi connectivity index (χ4v) is 4.71. The van der Waals surface area contributed by atoms with Gasteiger partial charge in [-0.3, -0.25) is 18.7 Å². The number of hydrogen-bond acceptors (Lipinski definition) is 6. The highest BCUT2D eigenvalue weighted by Gasteiger charge is 2.43. The number of aromatic nitrogens is 2. The number of anilines is 1. The van der Waals surface area contributed by atoms with Crippen LogP contribution in [-0.4, -0.2) is 29.1 Å². The Hall–Kier alpha value is -4.07. The fourth-order valence-electron chi connectivity index (χ4n) is 4.71. The highest BCUT2D eigenvalue weighted by atomic mass is 16.5. The van der Waals surface area contributed by atoms with Crippen molar-refractivity contribution in [2.45, 2.75) is 5.92 Å². The molecule has 0 saturated heterocycles. The van der Waals surface area contributed by atoms with E-state index < -0.39 is 17.2 Å². The third-order valence-electron chi connectivity index (χ3n) is 6.22. The molecule has 1 N–H and O–H groups in total. The van der Waals surface area contributed by atoms with Crippen LogP contribution in [0, 0.1) is 0 Å². The van der Waals surface area contributed by atoms with Gasteiger partial charge >= 0.3 is 5.69 Å². The molecule has 1 atom stereocenters. The third-order valence-corrected chi connectivity index (χ3v) is 6.22. The summed E-state index contributed by atoms with van der Waals surface area (Å²) in [5.41, 5.74) is 2.31. The number of fused-ring (bicyclic) bond motifs is 3. The largest absolute Gasteiger partial charge is 0.493 e. The summed E-state index contributed by atoms with van der Waals surface area (Å²) in [6.07, 6.45) is 0. The topological polar surface area (TPSA) is 91.6 Å². The molecular weight excluding hydrogens is 410 g/mol. The van der Waals surface area contributed by atoms with Gasteiger partial charge in [0.15, 0.2) is 17.3 Å². The van der Waals surface area contributed by atoms with Crippen molar-refractivity contribution in [2.24, 2.45) is 14.1 Å². The second-order valence-electron chi connectivity index (χ2n) is 7.77. The number of allylic oxidation sites excluding steroid dienone is 1. The molecule has 8 heteroatoms. The Morgan fingerprint density at radius 2 is 1.59 bits per heavy atom. The molecule has 0 fully saturated rings. The van der Waals surface area contributed by atoms with Crippen LogP contribution in [0.3, 0.4) is 0 Å². The zero-order valence-electron chi connectivity index (χ0n) is 18.1.